The molecule has 0 radical (unpaired) electrons. The Morgan fingerprint density at radius 3 is 2.89 bits per heavy atom. The first kappa shape index (κ1) is 8.32. The minimum Gasteiger partial charge on any atom is -0.464 e. The van der Waals surface area contributed by atoms with E-state index >= 15 is 0 Å². The van der Waals surface area contributed by atoms with Crippen molar-refractivity contribution in [2.75, 3.05) is 6.61 Å². The SMILES string of the molecule is C#CC(Cl)C(=O)OCC. The van der Waals surface area contributed by atoms with Gasteiger partial charge >= 0.3 is 5.97 Å². The van der Waals surface area contributed by atoms with Crippen LogP contribution in [0.5, 0.6) is 0 Å². The van der Waals surface area contributed by atoms with Gasteiger partial charge in [0.1, 0.15) is 0 Å². The standard InChI is InChI=1S/C6H7ClO2/c1-3-5(7)6(8)9-4-2/h1,5H,4H2,2H3. The Balaban J connectivity index is 3.63. The highest BCUT2D eigenvalue weighted by atomic mass is 35.5. The zero-order valence-electron chi connectivity index (χ0n) is 5.06. The number of hydrogen-bond acceptors (Lipinski definition) is 2. The Bertz CT molecular complexity index is 136. The summed E-state index contributed by atoms with van der Waals surface area (Å²) in [6, 6.07) is 0. The van der Waals surface area contributed by atoms with Gasteiger partial charge in [-0.2, -0.15) is 0 Å². The number of terminal acetylenes is 1. The lowest BCUT2D eigenvalue weighted by Crippen LogP contribution is -2.15. The van der Waals surface area contributed by atoms with Crippen LogP contribution in [0.25, 0.3) is 0 Å². The van der Waals surface area contributed by atoms with Crippen LogP contribution in [0.1, 0.15) is 6.92 Å². The van der Waals surface area contributed by atoms with Gasteiger partial charge in [-0.1, -0.05) is 17.5 Å². The number of esters is 1. The second-order valence-electron chi connectivity index (χ2n) is 1.28. The molecule has 0 aromatic heterocycles. The van der Waals surface area contributed by atoms with E-state index in [0.717, 1.165) is 0 Å². The van der Waals surface area contributed by atoms with Crippen LogP contribution in [0.4, 0.5) is 0 Å². The summed E-state index contributed by atoms with van der Waals surface area (Å²) in [6.45, 7) is 2.00. The third kappa shape index (κ3) is 2.99. The minimum atomic E-state index is -0.940. The van der Waals surface area contributed by atoms with Gasteiger partial charge in [-0.3, -0.25) is 0 Å². The van der Waals surface area contributed by atoms with Gasteiger partial charge in [-0.05, 0) is 6.92 Å². The van der Waals surface area contributed by atoms with Crippen molar-refractivity contribution in [3.05, 3.63) is 0 Å². The van der Waals surface area contributed by atoms with Crippen molar-refractivity contribution in [2.45, 2.75) is 12.3 Å². The van der Waals surface area contributed by atoms with Crippen LogP contribution in [-0.2, 0) is 9.53 Å². The van der Waals surface area contributed by atoms with Crippen LogP contribution in [0.15, 0.2) is 0 Å². The fourth-order valence-corrected chi connectivity index (χ4v) is 0.346. The molecule has 0 spiro atoms. The zero-order valence-corrected chi connectivity index (χ0v) is 5.81. The highest BCUT2D eigenvalue weighted by molar-refractivity contribution is 6.32. The normalized spacial score (nSPS) is 11.7. The van der Waals surface area contributed by atoms with Crippen molar-refractivity contribution in [3.8, 4) is 12.3 Å². The Kier molecular flexibility index (Phi) is 3.90. The first-order valence-corrected chi connectivity index (χ1v) is 2.92. The summed E-state index contributed by atoms with van der Waals surface area (Å²) in [5, 5.41) is -0.940. The summed E-state index contributed by atoms with van der Waals surface area (Å²) in [5.41, 5.74) is 0. The minimum absolute atomic E-state index is 0.309. The molecule has 0 bridgehead atoms. The molecule has 0 saturated heterocycles. The van der Waals surface area contributed by atoms with Crippen molar-refractivity contribution >= 4 is 17.6 Å². The molecule has 1 unspecified atom stereocenters. The van der Waals surface area contributed by atoms with E-state index in [4.69, 9.17) is 18.0 Å². The Morgan fingerprint density at radius 2 is 2.56 bits per heavy atom. The second-order valence-corrected chi connectivity index (χ2v) is 1.72. The van der Waals surface area contributed by atoms with E-state index < -0.39 is 11.3 Å². The molecule has 0 rings (SSSR count). The predicted molar refractivity (Wildman–Crippen MR) is 35.1 cm³/mol. The van der Waals surface area contributed by atoms with Crippen molar-refractivity contribution in [1.82, 2.24) is 0 Å². The van der Waals surface area contributed by atoms with Crippen LogP contribution in [-0.4, -0.2) is 18.0 Å². The lowest BCUT2D eigenvalue weighted by molar-refractivity contribution is -0.141. The molecular formula is C6H7ClO2. The van der Waals surface area contributed by atoms with E-state index in [-0.39, 0.29) is 0 Å². The average Bonchev–Trinajstić information content (AvgIpc) is 1.87. The van der Waals surface area contributed by atoms with Gasteiger partial charge < -0.3 is 4.74 Å². The van der Waals surface area contributed by atoms with E-state index in [1.54, 1.807) is 6.92 Å². The topological polar surface area (TPSA) is 26.3 Å². The number of carbonyl (C=O) groups is 1. The molecule has 0 aliphatic rings. The van der Waals surface area contributed by atoms with Crippen LogP contribution in [0, 0.1) is 12.3 Å². The van der Waals surface area contributed by atoms with Gasteiger partial charge in [0.2, 0.25) is 0 Å². The van der Waals surface area contributed by atoms with Crippen LogP contribution in [0.3, 0.4) is 0 Å². The quantitative estimate of drug-likeness (QED) is 0.327. The summed E-state index contributed by atoms with van der Waals surface area (Å²) >= 11 is 5.28. The Morgan fingerprint density at radius 1 is 2.00 bits per heavy atom. The first-order valence-electron chi connectivity index (χ1n) is 2.49. The van der Waals surface area contributed by atoms with Crippen molar-refractivity contribution < 1.29 is 9.53 Å². The van der Waals surface area contributed by atoms with Crippen molar-refractivity contribution in [2.24, 2.45) is 0 Å². The number of ether oxygens (including phenoxy) is 1. The molecule has 0 N–H and O–H groups in total. The summed E-state index contributed by atoms with van der Waals surface area (Å²) in [5.74, 6) is 1.49. The monoisotopic (exact) mass is 146 g/mol. The zero-order chi connectivity index (χ0) is 7.28. The van der Waals surface area contributed by atoms with Crippen LogP contribution in [0.2, 0.25) is 0 Å². The predicted octanol–water partition coefficient (Wildman–Crippen LogP) is 0.790. The highest BCUT2D eigenvalue weighted by Crippen LogP contribution is 1.95. The molecule has 2 nitrogen and oxygen atoms in total. The summed E-state index contributed by atoms with van der Waals surface area (Å²) < 4.78 is 4.48. The van der Waals surface area contributed by atoms with E-state index in [0.29, 0.717) is 6.61 Å². The lowest BCUT2D eigenvalue weighted by Gasteiger charge is -1.99. The van der Waals surface area contributed by atoms with Gasteiger partial charge in [0.05, 0.1) is 6.61 Å². The van der Waals surface area contributed by atoms with Crippen molar-refractivity contribution in [3.63, 3.8) is 0 Å². The maximum atomic E-state index is 10.5. The molecule has 0 fully saturated rings. The molecule has 0 aliphatic carbocycles. The maximum absolute atomic E-state index is 10.5. The third-order valence-corrected chi connectivity index (χ3v) is 0.944. The number of hydrogen-bond donors (Lipinski definition) is 0. The van der Waals surface area contributed by atoms with Gasteiger partial charge in [0.15, 0.2) is 5.38 Å². The van der Waals surface area contributed by atoms with Gasteiger partial charge in [-0.25, -0.2) is 4.79 Å². The second kappa shape index (κ2) is 4.22. The Labute approximate surface area is 59.1 Å². The average molecular weight is 147 g/mol. The molecule has 1 atom stereocenters. The molecule has 0 saturated carbocycles. The molecule has 0 aromatic carbocycles. The third-order valence-electron chi connectivity index (χ3n) is 0.640. The lowest BCUT2D eigenvalue weighted by atomic mass is 10.4. The maximum Gasteiger partial charge on any atom is 0.336 e. The van der Waals surface area contributed by atoms with E-state index in [9.17, 15) is 4.79 Å². The molecule has 0 amide bonds. The van der Waals surface area contributed by atoms with E-state index in [2.05, 4.69) is 4.74 Å². The first-order chi connectivity index (χ1) is 4.22. The van der Waals surface area contributed by atoms with E-state index in [1.165, 1.54) is 0 Å². The van der Waals surface area contributed by atoms with Gasteiger partial charge in [0.25, 0.3) is 0 Å². The fraction of sp³-hybridized carbons (Fsp3) is 0.500. The van der Waals surface area contributed by atoms with Gasteiger partial charge in [-0.15, -0.1) is 6.42 Å². The number of rotatable bonds is 2. The molecule has 0 aromatic rings. The number of carbonyl (C=O) groups excluding carboxylic acids is 1. The number of alkyl halides is 1. The molecule has 9 heavy (non-hydrogen) atoms. The molecule has 50 valence electrons. The number of halogens is 1. The fourth-order valence-electron chi connectivity index (χ4n) is 0.283. The summed E-state index contributed by atoms with van der Waals surface area (Å²) in [6.07, 6.45) is 4.82. The summed E-state index contributed by atoms with van der Waals surface area (Å²) in [7, 11) is 0. The van der Waals surface area contributed by atoms with Gasteiger partial charge in [0, 0.05) is 0 Å². The molecule has 3 heteroatoms. The van der Waals surface area contributed by atoms with Crippen LogP contribution >= 0.6 is 11.6 Å². The summed E-state index contributed by atoms with van der Waals surface area (Å²) in [4.78, 5) is 10.5. The largest absolute Gasteiger partial charge is 0.464 e. The molecule has 0 heterocycles. The smallest absolute Gasteiger partial charge is 0.336 e. The van der Waals surface area contributed by atoms with E-state index in [1.807, 2.05) is 5.92 Å². The highest BCUT2D eigenvalue weighted by Gasteiger charge is 2.11. The molecule has 0 aliphatic heterocycles. The van der Waals surface area contributed by atoms with Crippen LogP contribution < -0.4 is 0 Å². The molecular weight excluding hydrogens is 140 g/mol. The van der Waals surface area contributed by atoms with Crippen molar-refractivity contribution in [1.29, 1.82) is 0 Å². The Hall–Kier alpha value is -0.680.